The molecule has 6 nitrogen and oxygen atoms in total. The summed E-state index contributed by atoms with van der Waals surface area (Å²) in [5.41, 5.74) is 1.60. The summed E-state index contributed by atoms with van der Waals surface area (Å²) in [7, 11) is 0. The molecular weight excluding hydrogens is 428 g/mol. The molecule has 1 aliphatic heterocycles. The van der Waals surface area contributed by atoms with Crippen LogP contribution in [0.15, 0.2) is 47.3 Å². The zero-order valence-corrected chi connectivity index (χ0v) is 18.8. The number of hydrogen-bond acceptors (Lipinski definition) is 6. The maximum absolute atomic E-state index is 12.9. The molecule has 0 aromatic carbocycles. The molecule has 5 rings (SSSR count). The van der Waals surface area contributed by atoms with Gasteiger partial charge in [0, 0.05) is 49.2 Å². The first-order valence-corrected chi connectivity index (χ1v) is 12.4. The summed E-state index contributed by atoms with van der Waals surface area (Å²) in [6, 6.07) is 9.85. The number of amides is 2. The van der Waals surface area contributed by atoms with Crippen LogP contribution in [0.25, 0.3) is 9.88 Å². The summed E-state index contributed by atoms with van der Waals surface area (Å²) < 4.78 is 0. The average Bonchev–Trinajstić information content (AvgIpc) is 3.20. The molecule has 2 fully saturated rings. The van der Waals surface area contributed by atoms with E-state index in [0.717, 1.165) is 41.3 Å². The monoisotopic (exact) mass is 452 g/mol. The first-order chi connectivity index (χ1) is 15.1. The number of nitrogens with zero attached hydrogens (tertiary/aromatic N) is 3. The van der Waals surface area contributed by atoms with Crippen molar-refractivity contribution in [3.05, 3.63) is 58.7 Å². The van der Waals surface area contributed by atoms with Crippen LogP contribution in [0.4, 0.5) is 0 Å². The molecule has 2 amide bonds. The quantitative estimate of drug-likeness (QED) is 0.616. The molecule has 1 N–H and O–H groups in total. The van der Waals surface area contributed by atoms with Crippen LogP contribution in [0.1, 0.15) is 35.4 Å². The zero-order valence-electron chi connectivity index (χ0n) is 17.1. The van der Waals surface area contributed by atoms with Gasteiger partial charge in [0.25, 0.3) is 5.91 Å². The Morgan fingerprint density at radius 2 is 2.03 bits per heavy atom. The van der Waals surface area contributed by atoms with Gasteiger partial charge in [0.1, 0.15) is 10.7 Å². The number of likely N-dealkylation sites (tertiary alicyclic amines) is 1. The third-order valence-corrected chi connectivity index (χ3v) is 8.30. The Bertz CT molecular complexity index is 1060. The molecule has 1 aliphatic carbocycles. The smallest absolute Gasteiger partial charge is 0.273 e. The third-order valence-electron chi connectivity index (χ3n) is 6.41. The third kappa shape index (κ3) is 4.27. The largest absolute Gasteiger partial charge is 0.355 e. The molecule has 0 radical (unpaired) electrons. The van der Waals surface area contributed by atoms with Gasteiger partial charge < -0.3 is 10.2 Å². The SMILES string of the molecule is O=C(NCCc1ccccn1)[C@@H]1CC12CCN(C(=O)c1csc(-c3cccs3)n1)CC2. The molecule has 3 aromatic heterocycles. The number of thiophene rings is 1. The summed E-state index contributed by atoms with van der Waals surface area (Å²) in [6.07, 6.45) is 5.23. The van der Waals surface area contributed by atoms with E-state index in [1.807, 2.05) is 46.0 Å². The fraction of sp³-hybridized carbons (Fsp3) is 0.391. The van der Waals surface area contributed by atoms with Crippen molar-refractivity contribution in [2.24, 2.45) is 11.3 Å². The van der Waals surface area contributed by atoms with E-state index in [0.29, 0.717) is 25.3 Å². The van der Waals surface area contributed by atoms with E-state index in [2.05, 4.69) is 15.3 Å². The Morgan fingerprint density at radius 1 is 1.16 bits per heavy atom. The van der Waals surface area contributed by atoms with Crippen LogP contribution in [-0.2, 0) is 11.2 Å². The second-order valence-electron chi connectivity index (χ2n) is 8.29. The number of hydrogen-bond donors (Lipinski definition) is 1. The van der Waals surface area contributed by atoms with Gasteiger partial charge in [0.15, 0.2) is 0 Å². The van der Waals surface area contributed by atoms with Gasteiger partial charge in [0.2, 0.25) is 5.91 Å². The van der Waals surface area contributed by atoms with Crippen molar-refractivity contribution in [1.29, 1.82) is 0 Å². The van der Waals surface area contributed by atoms with Gasteiger partial charge in [-0.05, 0) is 48.3 Å². The Balaban J connectivity index is 1.11. The van der Waals surface area contributed by atoms with E-state index in [1.54, 1.807) is 17.5 Å². The lowest BCUT2D eigenvalue weighted by Gasteiger charge is -2.32. The highest BCUT2D eigenvalue weighted by Crippen LogP contribution is 2.59. The first-order valence-electron chi connectivity index (χ1n) is 10.6. The molecule has 1 saturated carbocycles. The molecule has 0 bridgehead atoms. The lowest BCUT2D eigenvalue weighted by atomic mass is 9.90. The van der Waals surface area contributed by atoms with Gasteiger partial charge in [-0.25, -0.2) is 4.98 Å². The minimum atomic E-state index is 0.00548. The number of aromatic nitrogens is 2. The number of carbonyl (C=O) groups excluding carboxylic acids is 2. The maximum atomic E-state index is 12.9. The number of thiazole rings is 1. The van der Waals surface area contributed by atoms with E-state index in [9.17, 15) is 9.59 Å². The van der Waals surface area contributed by atoms with E-state index in [4.69, 9.17) is 0 Å². The highest BCUT2D eigenvalue weighted by atomic mass is 32.1. The van der Waals surface area contributed by atoms with Crippen molar-refractivity contribution in [2.45, 2.75) is 25.7 Å². The van der Waals surface area contributed by atoms with Crippen molar-refractivity contribution >= 4 is 34.5 Å². The van der Waals surface area contributed by atoms with Gasteiger partial charge in [-0.1, -0.05) is 12.1 Å². The van der Waals surface area contributed by atoms with Gasteiger partial charge in [-0.15, -0.1) is 22.7 Å². The predicted molar refractivity (Wildman–Crippen MR) is 122 cm³/mol. The van der Waals surface area contributed by atoms with Crippen LogP contribution in [0.3, 0.4) is 0 Å². The molecule has 3 aromatic rings. The molecule has 1 atom stereocenters. The number of carbonyl (C=O) groups is 2. The van der Waals surface area contributed by atoms with E-state index >= 15 is 0 Å². The lowest BCUT2D eigenvalue weighted by Crippen LogP contribution is -2.41. The van der Waals surface area contributed by atoms with Gasteiger partial charge in [0.05, 0.1) is 4.88 Å². The second kappa shape index (κ2) is 8.51. The average molecular weight is 453 g/mol. The Kier molecular flexibility index (Phi) is 5.58. The summed E-state index contributed by atoms with van der Waals surface area (Å²) >= 11 is 3.15. The Labute approximate surface area is 189 Å². The van der Waals surface area contributed by atoms with Crippen LogP contribution in [-0.4, -0.2) is 46.3 Å². The normalized spacial score (nSPS) is 19.4. The fourth-order valence-electron chi connectivity index (χ4n) is 4.46. The van der Waals surface area contributed by atoms with E-state index in [1.165, 1.54) is 11.3 Å². The Hall–Kier alpha value is -2.58. The molecule has 2 aliphatic rings. The fourth-order valence-corrected chi connectivity index (χ4v) is 6.06. The zero-order chi connectivity index (χ0) is 21.3. The van der Waals surface area contributed by atoms with E-state index < -0.39 is 0 Å². The van der Waals surface area contributed by atoms with Crippen LogP contribution in [0.5, 0.6) is 0 Å². The van der Waals surface area contributed by atoms with Crippen molar-refractivity contribution in [1.82, 2.24) is 20.2 Å². The van der Waals surface area contributed by atoms with Gasteiger partial charge in [-0.2, -0.15) is 0 Å². The molecule has 0 unspecified atom stereocenters. The van der Waals surface area contributed by atoms with Crippen LogP contribution < -0.4 is 5.32 Å². The Morgan fingerprint density at radius 3 is 2.77 bits per heavy atom. The summed E-state index contributed by atoms with van der Waals surface area (Å²) in [5, 5.41) is 7.85. The van der Waals surface area contributed by atoms with Crippen molar-refractivity contribution in [2.75, 3.05) is 19.6 Å². The number of pyridine rings is 1. The van der Waals surface area contributed by atoms with Crippen LogP contribution in [0, 0.1) is 11.3 Å². The predicted octanol–water partition coefficient (Wildman–Crippen LogP) is 3.87. The van der Waals surface area contributed by atoms with Gasteiger partial charge in [-0.3, -0.25) is 14.6 Å². The standard InChI is InChI=1S/C23H24N4O2S2/c28-20(25-10-6-16-4-1-2-9-24-16)17-14-23(17)7-11-27(12-8-23)22(29)18-15-31-21(26-18)19-5-3-13-30-19/h1-5,9,13,15,17H,6-8,10-12,14H2,(H,25,28)/t17-/m0/s1. The topological polar surface area (TPSA) is 75.2 Å². The molecule has 31 heavy (non-hydrogen) atoms. The van der Waals surface area contributed by atoms with Crippen LogP contribution in [0.2, 0.25) is 0 Å². The second-order valence-corrected chi connectivity index (χ2v) is 10.1. The maximum Gasteiger partial charge on any atom is 0.273 e. The summed E-state index contributed by atoms with van der Waals surface area (Å²) in [5.74, 6) is 0.236. The molecule has 1 saturated heterocycles. The summed E-state index contributed by atoms with van der Waals surface area (Å²) in [6.45, 7) is 2.01. The molecule has 8 heteroatoms. The number of rotatable bonds is 6. The minimum absolute atomic E-state index is 0.00548. The molecule has 4 heterocycles. The minimum Gasteiger partial charge on any atom is -0.355 e. The van der Waals surface area contributed by atoms with Gasteiger partial charge >= 0.3 is 0 Å². The van der Waals surface area contributed by atoms with E-state index in [-0.39, 0.29) is 23.1 Å². The summed E-state index contributed by atoms with van der Waals surface area (Å²) in [4.78, 5) is 37.3. The van der Waals surface area contributed by atoms with Crippen molar-refractivity contribution in [3.63, 3.8) is 0 Å². The first kappa shape index (κ1) is 20.3. The molecule has 160 valence electrons. The number of nitrogens with one attached hydrogen (secondary N) is 1. The van der Waals surface area contributed by atoms with Crippen molar-refractivity contribution in [3.8, 4) is 9.88 Å². The van der Waals surface area contributed by atoms with Crippen molar-refractivity contribution < 1.29 is 9.59 Å². The number of piperidine rings is 1. The highest BCUT2D eigenvalue weighted by Gasteiger charge is 2.58. The molecular formula is C23H24N4O2S2. The lowest BCUT2D eigenvalue weighted by molar-refractivity contribution is -0.123. The molecule has 1 spiro atoms. The van der Waals surface area contributed by atoms with Crippen LogP contribution >= 0.6 is 22.7 Å². The highest BCUT2D eigenvalue weighted by molar-refractivity contribution is 7.20.